The predicted octanol–water partition coefficient (Wildman–Crippen LogP) is -0.0752. The van der Waals surface area contributed by atoms with Gasteiger partial charge < -0.3 is 10.2 Å². The maximum atomic E-state index is 12.9. The van der Waals surface area contributed by atoms with Gasteiger partial charge in [0.25, 0.3) is 5.91 Å². The summed E-state index contributed by atoms with van der Waals surface area (Å²) in [4.78, 5) is 26.2. The molecular formula is C15H19FN3O2+. The van der Waals surface area contributed by atoms with E-state index in [1.165, 1.54) is 17.0 Å². The highest BCUT2D eigenvalue weighted by atomic mass is 19.1. The number of urea groups is 1. The molecule has 5 nitrogen and oxygen atoms in total. The van der Waals surface area contributed by atoms with Gasteiger partial charge in [-0.1, -0.05) is 12.1 Å². The van der Waals surface area contributed by atoms with E-state index < -0.39 is 0 Å². The SMILES string of the molecule is O=C(C[NH+](Cc1ccc(F)cc1)C1CC1)N1CCNC1=O. The normalized spacial score (nSPS) is 19.5. The van der Waals surface area contributed by atoms with Crippen molar-refractivity contribution in [2.24, 2.45) is 0 Å². The van der Waals surface area contributed by atoms with E-state index in [0.717, 1.165) is 23.3 Å². The molecule has 1 aliphatic carbocycles. The number of carbonyl (C=O) groups is 2. The first kappa shape index (κ1) is 14.0. The highest BCUT2D eigenvalue weighted by Crippen LogP contribution is 2.16. The van der Waals surface area contributed by atoms with Crippen molar-refractivity contribution in [3.8, 4) is 0 Å². The smallest absolute Gasteiger partial charge is 0.324 e. The second-order valence-corrected chi connectivity index (χ2v) is 5.69. The number of halogens is 1. The van der Waals surface area contributed by atoms with E-state index in [1.807, 2.05) is 0 Å². The second-order valence-electron chi connectivity index (χ2n) is 5.69. The molecule has 21 heavy (non-hydrogen) atoms. The minimum Gasteiger partial charge on any atom is -0.336 e. The van der Waals surface area contributed by atoms with E-state index in [4.69, 9.17) is 0 Å². The molecule has 0 spiro atoms. The Labute approximate surface area is 122 Å². The molecule has 3 rings (SSSR count). The molecule has 112 valence electrons. The van der Waals surface area contributed by atoms with E-state index in [1.54, 1.807) is 12.1 Å². The molecule has 1 atom stereocenters. The van der Waals surface area contributed by atoms with Crippen LogP contribution in [0.4, 0.5) is 9.18 Å². The fourth-order valence-electron chi connectivity index (χ4n) is 2.71. The third-order valence-corrected chi connectivity index (χ3v) is 4.04. The Kier molecular flexibility index (Phi) is 3.88. The average molecular weight is 292 g/mol. The molecule has 1 aromatic rings. The predicted molar refractivity (Wildman–Crippen MR) is 74.1 cm³/mol. The number of carbonyl (C=O) groups excluding carboxylic acids is 2. The van der Waals surface area contributed by atoms with Crippen molar-refractivity contribution in [3.63, 3.8) is 0 Å². The van der Waals surface area contributed by atoms with Crippen LogP contribution in [0.3, 0.4) is 0 Å². The maximum Gasteiger partial charge on any atom is 0.324 e. The molecule has 1 saturated heterocycles. The number of quaternary nitrogens is 1. The van der Waals surface area contributed by atoms with Crippen LogP contribution >= 0.6 is 0 Å². The summed E-state index contributed by atoms with van der Waals surface area (Å²) in [6.45, 7) is 1.98. The zero-order valence-corrected chi connectivity index (χ0v) is 11.8. The van der Waals surface area contributed by atoms with Crippen LogP contribution in [0.1, 0.15) is 18.4 Å². The van der Waals surface area contributed by atoms with Gasteiger partial charge in [0.15, 0.2) is 6.54 Å². The Morgan fingerprint density at radius 1 is 1.33 bits per heavy atom. The first-order valence-corrected chi connectivity index (χ1v) is 7.30. The highest BCUT2D eigenvalue weighted by molar-refractivity contribution is 5.96. The molecule has 1 heterocycles. The van der Waals surface area contributed by atoms with Gasteiger partial charge in [-0.2, -0.15) is 0 Å². The van der Waals surface area contributed by atoms with Crippen molar-refractivity contribution in [1.82, 2.24) is 10.2 Å². The molecule has 2 N–H and O–H groups in total. The molecule has 1 unspecified atom stereocenters. The van der Waals surface area contributed by atoms with E-state index in [9.17, 15) is 14.0 Å². The fraction of sp³-hybridized carbons (Fsp3) is 0.467. The molecule has 3 amide bonds. The van der Waals surface area contributed by atoms with Gasteiger partial charge in [-0.25, -0.2) is 9.18 Å². The second kappa shape index (κ2) is 5.81. The van der Waals surface area contributed by atoms with Gasteiger partial charge in [-0.3, -0.25) is 9.69 Å². The Morgan fingerprint density at radius 3 is 2.62 bits per heavy atom. The molecule has 1 aromatic carbocycles. The van der Waals surface area contributed by atoms with Crippen LogP contribution in [0.2, 0.25) is 0 Å². The molecule has 0 aromatic heterocycles. The lowest BCUT2D eigenvalue weighted by Crippen LogP contribution is -3.13. The van der Waals surface area contributed by atoms with E-state index in [-0.39, 0.29) is 17.8 Å². The molecule has 6 heteroatoms. The number of rotatable bonds is 5. The third-order valence-electron chi connectivity index (χ3n) is 4.04. The van der Waals surface area contributed by atoms with Gasteiger partial charge in [0.2, 0.25) is 0 Å². The molecule has 1 saturated carbocycles. The fourth-order valence-corrected chi connectivity index (χ4v) is 2.71. The molecule has 1 aliphatic heterocycles. The number of imide groups is 1. The van der Waals surface area contributed by atoms with Gasteiger partial charge in [0, 0.05) is 31.5 Å². The molecular weight excluding hydrogens is 273 g/mol. The van der Waals surface area contributed by atoms with E-state index in [0.29, 0.717) is 32.2 Å². The zero-order chi connectivity index (χ0) is 14.8. The van der Waals surface area contributed by atoms with Crippen molar-refractivity contribution < 1.29 is 18.9 Å². The lowest BCUT2D eigenvalue weighted by molar-refractivity contribution is -0.917. The molecule has 0 radical (unpaired) electrons. The summed E-state index contributed by atoms with van der Waals surface area (Å²) in [5.74, 6) is -0.384. The summed E-state index contributed by atoms with van der Waals surface area (Å²) < 4.78 is 12.9. The molecule has 0 bridgehead atoms. The topological polar surface area (TPSA) is 53.9 Å². The quantitative estimate of drug-likeness (QED) is 0.798. The Hall–Kier alpha value is -1.95. The summed E-state index contributed by atoms with van der Waals surface area (Å²) in [5, 5.41) is 2.64. The zero-order valence-electron chi connectivity index (χ0n) is 11.8. The van der Waals surface area contributed by atoms with Crippen LogP contribution in [0, 0.1) is 5.82 Å². The van der Waals surface area contributed by atoms with Crippen LogP contribution in [-0.4, -0.2) is 42.5 Å². The van der Waals surface area contributed by atoms with Crippen LogP contribution < -0.4 is 10.2 Å². The number of benzene rings is 1. The van der Waals surface area contributed by atoms with Crippen LogP contribution in [0.25, 0.3) is 0 Å². The number of nitrogens with zero attached hydrogens (tertiary/aromatic N) is 1. The van der Waals surface area contributed by atoms with Gasteiger partial charge in [0.05, 0.1) is 6.04 Å². The summed E-state index contributed by atoms with van der Waals surface area (Å²) in [6.07, 6.45) is 2.21. The standard InChI is InChI=1S/C15H18FN3O2/c16-12-3-1-11(2-4-12)9-18(13-5-6-13)10-14(20)19-8-7-17-15(19)21/h1-4,13H,5-10H2,(H,17,21)/p+1. The Morgan fingerprint density at radius 2 is 2.05 bits per heavy atom. The van der Waals surface area contributed by atoms with Gasteiger partial charge in [-0.05, 0) is 12.1 Å². The van der Waals surface area contributed by atoms with Gasteiger partial charge in [-0.15, -0.1) is 0 Å². The van der Waals surface area contributed by atoms with Gasteiger partial charge >= 0.3 is 6.03 Å². The van der Waals surface area contributed by atoms with Crippen molar-refractivity contribution in [2.75, 3.05) is 19.6 Å². The number of nitrogens with one attached hydrogen (secondary N) is 2. The van der Waals surface area contributed by atoms with E-state index >= 15 is 0 Å². The minimum absolute atomic E-state index is 0.131. The van der Waals surface area contributed by atoms with Crippen LogP contribution in [0.5, 0.6) is 0 Å². The number of hydrogen-bond donors (Lipinski definition) is 2. The van der Waals surface area contributed by atoms with Gasteiger partial charge in [0.1, 0.15) is 12.4 Å². The third kappa shape index (κ3) is 3.39. The largest absolute Gasteiger partial charge is 0.336 e. The van der Waals surface area contributed by atoms with Crippen molar-refractivity contribution in [3.05, 3.63) is 35.6 Å². The highest BCUT2D eigenvalue weighted by Gasteiger charge is 2.37. The molecule has 2 aliphatic rings. The lowest BCUT2D eigenvalue weighted by Gasteiger charge is -2.21. The number of amides is 3. The minimum atomic E-state index is -0.295. The Bertz CT molecular complexity index is 542. The van der Waals surface area contributed by atoms with Crippen molar-refractivity contribution in [1.29, 1.82) is 0 Å². The summed E-state index contributed by atoms with van der Waals surface area (Å²) in [7, 11) is 0. The van der Waals surface area contributed by atoms with Crippen LogP contribution in [0.15, 0.2) is 24.3 Å². The number of hydrogen-bond acceptors (Lipinski definition) is 2. The van der Waals surface area contributed by atoms with Crippen LogP contribution in [-0.2, 0) is 11.3 Å². The monoisotopic (exact) mass is 292 g/mol. The summed E-state index contributed by atoms with van der Waals surface area (Å²) >= 11 is 0. The van der Waals surface area contributed by atoms with Crippen molar-refractivity contribution >= 4 is 11.9 Å². The maximum absolute atomic E-state index is 12.9. The Balaban J connectivity index is 1.63. The van der Waals surface area contributed by atoms with E-state index in [2.05, 4.69) is 5.32 Å². The summed E-state index contributed by atoms with van der Waals surface area (Å²) in [6, 6.07) is 6.57. The van der Waals surface area contributed by atoms with Crippen molar-refractivity contribution in [2.45, 2.75) is 25.4 Å². The lowest BCUT2D eigenvalue weighted by atomic mass is 10.2. The first-order chi connectivity index (χ1) is 10.1. The molecule has 2 fully saturated rings. The first-order valence-electron chi connectivity index (χ1n) is 7.30. The average Bonchev–Trinajstić information content (AvgIpc) is 3.22. The summed E-state index contributed by atoms with van der Waals surface area (Å²) in [5.41, 5.74) is 1.01.